The number of hydrogen-bond acceptors (Lipinski definition) is 3. The standard InChI is InChI=1S/C11H21NO2/c13-8-10-2-1-4-12(6-10)7-11-3-5-14-9-11/h10-11,13H,1-9H2. The fourth-order valence-corrected chi connectivity index (χ4v) is 2.56. The number of aliphatic hydroxyl groups is 1. The summed E-state index contributed by atoms with van der Waals surface area (Å²) in [5.74, 6) is 1.26. The van der Waals surface area contributed by atoms with E-state index in [1.165, 1.54) is 32.4 Å². The van der Waals surface area contributed by atoms with Crippen LogP contribution in [0.25, 0.3) is 0 Å². The quantitative estimate of drug-likeness (QED) is 0.727. The highest BCUT2D eigenvalue weighted by molar-refractivity contribution is 4.76. The highest BCUT2D eigenvalue weighted by Gasteiger charge is 2.23. The summed E-state index contributed by atoms with van der Waals surface area (Å²) in [4.78, 5) is 2.50. The van der Waals surface area contributed by atoms with E-state index in [0.29, 0.717) is 12.5 Å². The summed E-state index contributed by atoms with van der Waals surface area (Å²) in [5, 5.41) is 9.12. The van der Waals surface area contributed by atoms with E-state index in [1.54, 1.807) is 0 Å². The van der Waals surface area contributed by atoms with Crippen LogP contribution in [0.4, 0.5) is 0 Å². The molecule has 0 saturated carbocycles. The summed E-state index contributed by atoms with van der Waals surface area (Å²) >= 11 is 0. The molecule has 14 heavy (non-hydrogen) atoms. The SMILES string of the molecule is OCC1CCCN(CC2CCOC2)C1. The van der Waals surface area contributed by atoms with Gasteiger partial charge in [0.15, 0.2) is 0 Å². The molecule has 0 aromatic carbocycles. The maximum atomic E-state index is 9.12. The molecule has 2 heterocycles. The molecule has 1 N–H and O–H groups in total. The molecule has 2 unspecified atom stereocenters. The zero-order valence-electron chi connectivity index (χ0n) is 8.82. The van der Waals surface area contributed by atoms with Crippen molar-refractivity contribution in [3.05, 3.63) is 0 Å². The van der Waals surface area contributed by atoms with Gasteiger partial charge in [0.1, 0.15) is 0 Å². The first kappa shape index (κ1) is 10.4. The van der Waals surface area contributed by atoms with Gasteiger partial charge in [0.25, 0.3) is 0 Å². The fourth-order valence-electron chi connectivity index (χ4n) is 2.56. The molecule has 2 rings (SSSR count). The lowest BCUT2D eigenvalue weighted by atomic mass is 9.97. The number of rotatable bonds is 3. The second kappa shape index (κ2) is 5.10. The molecule has 2 fully saturated rings. The van der Waals surface area contributed by atoms with Gasteiger partial charge in [-0.3, -0.25) is 0 Å². The molecule has 82 valence electrons. The highest BCUT2D eigenvalue weighted by atomic mass is 16.5. The van der Waals surface area contributed by atoms with Gasteiger partial charge in [-0.1, -0.05) is 0 Å². The number of likely N-dealkylation sites (tertiary alicyclic amines) is 1. The first-order valence-electron chi connectivity index (χ1n) is 5.79. The van der Waals surface area contributed by atoms with E-state index in [2.05, 4.69) is 4.90 Å². The first-order chi connectivity index (χ1) is 6.88. The van der Waals surface area contributed by atoms with Gasteiger partial charge >= 0.3 is 0 Å². The molecule has 0 radical (unpaired) electrons. The molecular weight excluding hydrogens is 178 g/mol. The third-order valence-corrected chi connectivity index (χ3v) is 3.40. The Labute approximate surface area is 86.0 Å². The highest BCUT2D eigenvalue weighted by Crippen LogP contribution is 2.20. The molecule has 2 atom stereocenters. The third-order valence-electron chi connectivity index (χ3n) is 3.40. The Hall–Kier alpha value is -0.120. The second-order valence-electron chi connectivity index (χ2n) is 4.68. The van der Waals surface area contributed by atoms with E-state index >= 15 is 0 Å². The van der Waals surface area contributed by atoms with E-state index in [4.69, 9.17) is 9.84 Å². The lowest BCUT2D eigenvalue weighted by Gasteiger charge is -2.33. The van der Waals surface area contributed by atoms with Crippen molar-refractivity contribution in [2.24, 2.45) is 11.8 Å². The molecule has 2 saturated heterocycles. The average Bonchev–Trinajstić information content (AvgIpc) is 2.71. The third kappa shape index (κ3) is 2.69. The van der Waals surface area contributed by atoms with Crippen molar-refractivity contribution in [1.82, 2.24) is 4.90 Å². The molecule has 2 aliphatic rings. The summed E-state index contributed by atoms with van der Waals surface area (Å²) in [6, 6.07) is 0. The smallest absolute Gasteiger partial charge is 0.0507 e. The van der Waals surface area contributed by atoms with Crippen molar-refractivity contribution in [2.45, 2.75) is 19.3 Å². The van der Waals surface area contributed by atoms with E-state index in [0.717, 1.165) is 25.7 Å². The minimum atomic E-state index is 0.359. The van der Waals surface area contributed by atoms with E-state index in [1.807, 2.05) is 0 Å². The summed E-state index contributed by atoms with van der Waals surface area (Å²) in [7, 11) is 0. The van der Waals surface area contributed by atoms with Crippen LogP contribution in [0.3, 0.4) is 0 Å². The Morgan fingerprint density at radius 3 is 2.93 bits per heavy atom. The Morgan fingerprint density at radius 2 is 2.21 bits per heavy atom. The number of ether oxygens (including phenoxy) is 1. The minimum absolute atomic E-state index is 0.359. The maximum absolute atomic E-state index is 9.12. The summed E-state index contributed by atoms with van der Waals surface area (Å²) in [6.45, 7) is 5.73. The zero-order valence-corrected chi connectivity index (χ0v) is 8.82. The van der Waals surface area contributed by atoms with E-state index in [-0.39, 0.29) is 0 Å². The summed E-state index contributed by atoms with van der Waals surface area (Å²) in [6.07, 6.45) is 3.67. The molecule has 0 aromatic rings. The van der Waals surface area contributed by atoms with Crippen LogP contribution in [0, 0.1) is 11.8 Å². The Balaban J connectivity index is 1.73. The van der Waals surface area contributed by atoms with Crippen molar-refractivity contribution < 1.29 is 9.84 Å². The van der Waals surface area contributed by atoms with Crippen LogP contribution in [0.5, 0.6) is 0 Å². The topological polar surface area (TPSA) is 32.7 Å². The fraction of sp³-hybridized carbons (Fsp3) is 1.00. The molecule has 0 amide bonds. The Kier molecular flexibility index (Phi) is 3.79. The molecule has 3 nitrogen and oxygen atoms in total. The molecule has 0 bridgehead atoms. The van der Waals surface area contributed by atoms with Gasteiger partial charge in [-0.25, -0.2) is 0 Å². The Bertz CT molecular complexity index is 169. The molecule has 0 aliphatic carbocycles. The molecular formula is C11H21NO2. The van der Waals surface area contributed by atoms with Crippen molar-refractivity contribution in [3.63, 3.8) is 0 Å². The molecule has 0 aromatic heterocycles. The van der Waals surface area contributed by atoms with Crippen molar-refractivity contribution in [3.8, 4) is 0 Å². The summed E-state index contributed by atoms with van der Waals surface area (Å²) < 4.78 is 5.38. The van der Waals surface area contributed by atoms with Crippen LogP contribution in [-0.4, -0.2) is 49.5 Å². The minimum Gasteiger partial charge on any atom is -0.396 e. The number of nitrogens with zero attached hydrogens (tertiary/aromatic N) is 1. The maximum Gasteiger partial charge on any atom is 0.0507 e. The van der Waals surface area contributed by atoms with E-state index < -0.39 is 0 Å². The van der Waals surface area contributed by atoms with E-state index in [9.17, 15) is 0 Å². The first-order valence-corrected chi connectivity index (χ1v) is 5.79. The van der Waals surface area contributed by atoms with Gasteiger partial charge in [-0.2, -0.15) is 0 Å². The normalized spacial score (nSPS) is 34.9. The molecule has 3 heteroatoms. The molecule has 2 aliphatic heterocycles. The van der Waals surface area contributed by atoms with Gasteiger partial charge < -0.3 is 14.7 Å². The number of hydrogen-bond donors (Lipinski definition) is 1. The van der Waals surface area contributed by atoms with Crippen LogP contribution >= 0.6 is 0 Å². The van der Waals surface area contributed by atoms with Crippen LogP contribution in [0.1, 0.15) is 19.3 Å². The number of piperidine rings is 1. The summed E-state index contributed by atoms with van der Waals surface area (Å²) in [5.41, 5.74) is 0. The van der Waals surface area contributed by atoms with Crippen LogP contribution in [0.15, 0.2) is 0 Å². The predicted octanol–water partition coefficient (Wildman–Crippen LogP) is 0.727. The van der Waals surface area contributed by atoms with Crippen molar-refractivity contribution >= 4 is 0 Å². The monoisotopic (exact) mass is 199 g/mol. The Morgan fingerprint density at radius 1 is 1.29 bits per heavy atom. The molecule has 0 spiro atoms. The lowest BCUT2D eigenvalue weighted by molar-refractivity contribution is 0.102. The van der Waals surface area contributed by atoms with Crippen LogP contribution < -0.4 is 0 Å². The van der Waals surface area contributed by atoms with Gasteiger partial charge in [0.2, 0.25) is 0 Å². The van der Waals surface area contributed by atoms with Gasteiger partial charge in [0.05, 0.1) is 6.61 Å². The lowest BCUT2D eigenvalue weighted by Crippen LogP contribution is -2.39. The number of aliphatic hydroxyl groups excluding tert-OH is 1. The van der Waals surface area contributed by atoms with Gasteiger partial charge in [-0.15, -0.1) is 0 Å². The van der Waals surface area contributed by atoms with Crippen molar-refractivity contribution in [2.75, 3.05) is 39.5 Å². The van der Waals surface area contributed by atoms with Gasteiger partial charge in [0, 0.05) is 26.3 Å². The average molecular weight is 199 g/mol. The van der Waals surface area contributed by atoms with Crippen molar-refractivity contribution in [1.29, 1.82) is 0 Å². The predicted molar refractivity (Wildman–Crippen MR) is 55.2 cm³/mol. The largest absolute Gasteiger partial charge is 0.396 e. The van der Waals surface area contributed by atoms with Gasteiger partial charge in [-0.05, 0) is 37.6 Å². The van der Waals surface area contributed by atoms with Crippen LogP contribution in [0.2, 0.25) is 0 Å². The zero-order chi connectivity index (χ0) is 9.80. The second-order valence-corrected chi connectivity index (χ2v) is 4.68. The van der Waals surface area contributed by atoms with Crippen LogP contribution in [-0.2, 0) is 4.74 Å².